The molecule has 0 atom stereocenters. The quantitative estimate of drug-likeness (QED) is 0.453. The van der Waals surface area contributed by atoms with Crippen molar-refractivity contribution in [2.24, 2.45) is 5.92 Å². The third-order valence-corrected chi connectivity index (χ3v) is 4.76. The zero-order valence-corrected chi connectivity index (χ0v) is 19.3. The van der Waals surface area contributed by atoms with Gasteiger partial charge in [0, 0.05) is 13.0 Å². The highest BCUT2D eigenvalue weighted by molar-refractivity contribution is 6.04. The molecule has 3 N–H and O–H groups in total. The lowest BCUT2D eigenvalue weighted by atomic mass is 10.1. The second-order valence-electron chi connectivity index (χ2n) is 8.13. The van der Waals surface area contributed by atoms with Crippen LogP contribution in [0.2, 0.25) is 0 Å². The summed E-state index contributed by atoms with van der Waals surface area (Å²) in [4.78, 5) is 48.3. The van der Waals surface area contributed by atoms with Gasteiger partial charge in [0.1, 0.15) is 6.54 Å². The second-order valence-corrected chi connectivity index (χ2v) is 8.13. The van der Waals surface area contributed by atoms with Crippen molar-refractivity contribution < 1.29 is 23.9 Å². The smallest absolute Gasteiger partial charge is 0.325 e. The molecule has 0 bridgehead atoms. The van der Waals surface area contributed by atoms with E-state index in [1.807, 2.05) is 45.0 Å². The molecule has 176 valence electrons. The maximum absolute atomic E-state index is 12.6. The summed E-state index contributed by atoms with van der Waals surface area (Å²) in [7, 11) is 0. The van der Waals surface area contributed by atoms with Crippen LogP contribution < -0.4 is 16.0 Å². The fraction of sp³-hybridized carbons (Fsp3) is 0.360. The number of hydrogen-bond donors (Lipinski definition) is 3. The fourth-order valence-corrected chi connectivity index (χ4v) is 2.84. The minimum Gasteiger partial charge on any atom is -0.454 e. The van der Waals surface area contributed by atoms with Crippen molar-refractivity contribution in [3.05, 3.63) is 65.2 Å². The third kappa shape index (κ3) is 9.55. The molecule has 0 saturated heterocycles. The van der Waals surface area contributed by atoms with E-state index in [1.54, 1.807) is 24.3 Å². The van der Waals surface area contributed by atoms with Gasteiger partial charge in [-0.3, -0.25) is 19.2 Å². The van der Waals surface area contributed by atoms with Gasteiger partial charge in [-0.15, -0.1) is 0 Å². The number of nitrogens with one attached hydrogen (secondary N) is 3. The predicted molar refractivity (Wildman–Crippen MR) is 125 cm³/mol. The second kappa shape index (κ2) is 13.0. The van der Waals surface area contributed by atoms with Gasteiger partial charge in [0.15, 0.2) is 6.61 Å². The molecule has 0 heterocycles. The average molecular weight is 454 g/mol. The van der Waals surface area contributed by atoms with Crippen molar-refractivity contribution in [2.75, 3.05) is 18.5 Å². The normalized spacial score (nSPS) is 10.4. The van der Waals surface area contributed by atoms with Crippen LogP contribution in [0.1, 0.15) is 48.2 Å². The first-order chi connectivity index (χ1) is 15.7. The molecule has 0 unspecified atom stereocenters. The highest BCUT2D eigenvalue weighted by atomic mass is 16.5. The maximum Gasteiger partial charge on any atom is 0.325 e. The van der Waals surface area contributed by atoms with E-state index in [0.717, 1.165) is 17.5 Å². The van der Waals surface area contributed by atoms with Crippen LogP contribution in [0, 0.1) is 12.8 Å². The van der Waals surface area contributed by atoms with E-state index in [4.69, 9.17) is 4.74 Å². The highest BCUT2D eigenvalue weighted by Crippen LogP contribution is 2.15. The number of ether oxygens (including phenoxy) is 1. The Morgan fingerprint density at radius 1 is 0.909 bits per heavy atom. The number of esters is 1. The molecule has 0 aliphatic heterocycles. The molecule has 0 aromatic heterocycles. The first kappa shape index (κ1) is 25.6. The Morgan fingerprint density at radius 3 is 2.30 bits per heavy atom. The van der Waals surface area contributed by atoms with Gasteiger partial charge in [-0.25, -0.2) is 0 Å². The van der Waals surface area contributed by atoms with Gasteiger partial charge in [0.2, 0.25) is 5.91 Å². The minimum absolute atomic E-state index is 0.240. The molecule has 0 spiro atoms. The molecule has 33 heavy (non-hydrogen) atoms. The van der Waals surface area contributed by atoms with Crippen molar-refractivity contribution in [2.45, 2.75) is 40.2 Å². The molecular formula is C25H31N3O5. The van der Waals surface area contributed by atoms with Gasteiger partial charge < -0.3 is 20.7 Å². The van der Waals surface area contributed by atoms with Crippen LogP contribution in [0.25, 0.3) is 0 Å². The van der Waals surface area contributed by atoms with E-state index in [1.165, 1.54) is 0 Å². The Hall–Kier alpha value is -3.68. The number of para-hydroxylation sites is 1. The summed E-state index contributed by atoms with van der Waals surface area (Å²) in [6.07, 6.45) is 1.05. The van der Waals surface area contributed by atoms with Crippen LogP contribution in [0.15, 0.2) is 48.5 Å². The van der Waals surface area contributed by atoms with Crippen LogP contribution >= 0.6 is 0 Å². The van der Waals surface area contributed by atoms with E-state index in [0.29, 0.717) is 30.1 Å². The first-order valence-corrected chi connectivity index (χ1v) is 10.9. The fourth-order valence-electron chi connectivity index (χ4n) is 2.84. The Balaban J connectivity index is 1.81. The number of carbonyl (C=O) groups excluding carboxylic acids is 4. The molecule has 2 aromatic rings. The molecule has 2 rings (SSSR count). The summed E-state index contributed by atoms with van der Waals surface area (Å²) in [5, 5.41) is 7.88. The molecule has 0 saturated carbocycles. The van der Waals surface area contributed by atoms with Gasteiger partial charge >= 0.3 is 5.97 Å². The minimum atomic E-state index is -0.716. The van der Waals surface area contributed by atoms with Crippen LogP contribution in [0.5, 0.6) is 0 Å². The van der Waals surface area contributed by atoms with Crippen molar-refractivity contribution in [1.82, 2.24) is 10.6 Å². The summed E-state index contributed by atoms with van der Waals surface area (Å²) in [6, 6.07) is 14.4. The lowest BCUT2D eigenvalue weighted by molar-refractivity contribution is -0.147. The Labute approximate surface area is 194 Å². The molecule has 0 radical (unpaired) electrons. The van der Waals surface area contributed by atoms with Gasteiger partial charge in [-0.2, -0.15) is 0 Å². The number of aryl methyl sites for hydroxylation is 1. The zero-order valence-electron chi connectivity index (χ0n) is 19.3. The summed E-state index contributed by atoms with van der Waals surface area (Å²) >= 11 is 0. The van der Waals surface area contributed by atoms with Gasteiger partial charge in [0.25, 0.3) is 11.8 Å². The first-order valence-electron chi connectivity index (χ1n) is 10.9. The monoisotopic (exact) mass is 453 g/mol. The molecule has 0 fully saturated rings. The van der Waals surface area contributed by atoms with Crippen LogP contribution in [0.4, 0.5) is 5.69 Å². The van der Waals surface area contributed by atoms with E-state index in [-0.39, 0.29) is 18.4 Å². The lowest BCUT2D eigenvalue weighted by Gasteiger charge is -2.12. The summed E-state index contributed by atoms with van der Waals surface area (Å²) in [5.41, 5.74) is 2.69. The van der Waals surface area contributed by atoms with E-state index < -0.39 is 18.5 Å². The summed E-state index contributed by atoms with van der Waals surface area (Å²) in [6.45, 7) is 5.52. The number of carbonyl (C=O) groups is 4. The largest absolute Gasteiger partial charge is 0.454 e. The van der Waals surface area contributed by atoms with Gasteiger partial charge in [-0.05, 0) is 37.0 Å². The molecule has 8 heteroatoms. The van der Waals surface area contributed by atoms with Crippen molar-refractivity contribution in [3.8, 4) is 0 Å². The topological polar surface area (TPSA) is 114 Å². The van der Waals surface area contributed by atoms with E-state index in [9.17, 15) is 19.2 Å². The molecular weight excluding hydrogens is 422 g/mol. The van der Waals surface area contributed by atoms with Crippen LogP contribution in [0.3, 0.4) is 0 Å². The Bertz CT molecular complexity index is 970. The number of benzene rings is 2. The summed E-state index contributed by atoms with van der Waals surface area (Å²) in [5.74, 6) is -1.50. The Kier molecular flexibility index (Phi) is 10.1. The van der Waals surface area contributed by atoms with Crippen LogP contribution in [-0.2, 0) is 25.7 Å². The lowest BCUT2D eigenvalue weighted by Crippen LogP contribution is -2.32. The predicted octanol–water partition coefficient (Wildman–Crippen LogP) is 2.96. The summed E-state index contributed by atoms with van der Waals surface area (Å²) < 4.78 is 4.90. The Morgan fingerprint density at radius 2 is 1.61 bits per heavy atom. The van der Waals surface area contributed by atoms with Crippen molar-refractivity contribution in [1.29, 1.82) is 0 Å². The number of amides is 3. The average Bonchev–Trinajstić information content (AvgIpc) is 2.79. The zero-order chi connectivity index (χ0) is 24.2. The number of hydrogen-bond acceptors (Lipinski definition) is 5. The SMILES string of the molecule is Cc1ccc(CNC(=O)c2ccccc2NC(=O)COC(=O)CNC(=O)CCC(C)C)cc1. The molecule has 3 amide bonds. The van der Waals surface area contributed by atoms with E-state index >= 15 is 0 Å². The molecule has 0 aliphatic rings. The highest BCUT2D eigenvalue weighted by Gasteiger charge is 2.15. The van der Waals surface area contributed by atoms with Gasteiger partial charge in [0.05, 0.1) is 11.3 Å². The van der Waals surface area contributed by atoms with Crippen molar-refractivity contribution in [3.63, 3.8) is 0 Å². The molecule has 8 nitrogen and oxygen atoms in total. The van der Waals surface area contributed by atoms with E-state index in [2.05, 4.69) is 16.0 Å². The third-order valence-electron chi connectivity index (χ3n) is 4.76. The van der Waals surface area contributed by atoms with Gasteiger partial charge in [-0.1, -0.05) is 55.8 Å². The number of anilines is 1. The standard InChI is InChI=1S/C25H31N3O5/c1-17(2)8-13-22(29)26-15-24(31)33-16-23(30)28-21-7-5-4-6-20(21)25(32)27-14-19-11-9-18(3)10-12-19/h4-7,9-12,17H,8,13-16H2,1-3H3,(H,26,29)(H,27,32)(H,28,30). The maximum atomic E-state index is 12.6. The van der Waals surface area contributed by atoms with Crippen molar-refractivity contribution >= 4 is 29.4 Å². The van der Waals surface area contributed by atoms with Crippen LogP contribution in [-0.4, -0.2) is 36.8 Å². The molecule has 2 aromatic carbocycles. The number of rotatable bonds is 11. The molecule has 0 aliphatic carbocycles.